The molecule has 0 aliphatic heterocycles. The number of carbonyl (C=O) groups is 2. The van der Waals surface area contributed by atoms with Gasteiger partial charge in [0.05, 0.1) is 29.5 Å². The molecule has 1 amide bonds. The van der Waals surface area contributed by atoms with E-state index in [1.807, 2.05) is 23.6 Å². The van der Waals surface area contributed by atoms with Crippen molar-refractivity contribution in [2.24, 2.45) is 4.99 Å². The van der Waals surface area contributed by atoms with E-state index >= 15 is 0 Å². The Kier molecular flexibility index (Phi) is 6.77. The van der Waals surface area contributed by atoms with E-state index < -0.39 is 5.97 Å². The molecule has 0 unspecified atom stereocenters. The fourth-order valence-electron chi connectivity index (χ4n) is 2.69. The Bertz CT molecular complexity index is 1090. The van der Waals surface area contributed by atoms with Crippen LogP contribution in [0.5, 0.6) is 0 Å². The first kappa shape index (κ1) is 20.4. The van der Waals surface area contributed by atoms with E-state index in [0.29, 0.717) is 35.7 Å². The second-order valence-electron chi connectivity index (χ2n) is 5.83. The van der Waals surface area contributed by atoms with E-state index in [1.165, 1.54) is 18.4 Å². The number of ether oxygens (including phenoxy) is 2. The quantitative estimate of drug-likeness (QED) is 0.409. The average Bonchev–Trinajstić information content (AvgIpc) is 3.03. The number of hydrogen-bond acceptors (Lipinski definition) is 5. The van der Waals surface area contributed by atoms with Crippen molar-refractivity contribution in [2.45, 2.75) is 13.5 Å². The molecule has 0 fully saturated rings. The van der Waals surface area contributed by atoms with Gasteiger partial charge in [-0.05, 0) is 43.3 Å². The molecule has 0 bridgehead atoms. The third-order valence-corrected chi connectivity index (χ3v) is 5.57. The van der Waals surface area contributed by atoms with Crippen molar-refractivity contribution in [3.05, 3.63) is 62.9 Å². The van der Waals surface area contributed by atoms with Gasteiger partial charge < -0.3 is 14.0 Å². The summed E-state index contributed by atoms with van der Waals surface area (Å²) in [6.45, 7) is 3.59. The molecule has 0 radical (unpaired) electrons. The lowest BCUT2D eigenvalue weighted by Gasteiger charge is -2.06. The highest BCUT2D eigenvalue weighted by Crippen LogP contribution is 2.20. The monoisotopic (exact) mass is 462 g/mol. The van der Waals surface area contributed by atoms with Gasteiger partial charge in [0.2, 0.25) is 0 Å². The molecule has 8 heteroatoms. The zero-order chi connectivity index (χ0) is 20.1. The number of halogens is 1. The van der Waals surface area contributed by atoms with Gasteiger partial charge in [0.15, 0.2) is 4.80 Å². The molecule has 6 nitrogen and oxygen atoms in total. The zero-order valence-electron chi connectivity index (χ0n) is 15.5. The summed E-state index contributed by atoms with van der Waals surface area (Å²) in [5, 5.41) is 0. The van der Waals surface area contributed by atoms with E-state index in [-0.39, 0.29) is 5.91 Å². The molecule has 0 saturated carbocycles. The van der Waals surface area contributed by atoms with Gasteiger partial charge in [-0.2, -0.15) is 4.99 Å². The summed E-state index contributed by atoms with van der Waals surface area (Å²) < 4.78 is 13.9. The highest BCUT2D eigenvalue weighted by molar-refractivity contribution is 9.10. The summed E-state index contributed by atoms with van der Waals surface area (Å²) in [7, 11) is 1.35. The first-order valence-electron chi connectivity index (χ1n) is 8.67. The minimum Gasteiger partial charge on any atom is -0.465 e. The second kappa shape index (κ2) is 9.27. The number of fused-ring (bicyclic) bond motifs is 1. The molecule has 0 aliphatic rings. The lowest BCUT2D eigenvalue weighted by Crippen LogP contribution is -2.19. The summed E-state index contributed by atoms with van der Waals surface area (Å²) >= 11 is 4.72. The number of rotatable bonds is 6. The summed E-state index contributed by atoms with van der Waals surface area (Å²) in [6, 6.07) is 12.4. The molecule has 2 aromatic carbocycles. The second-order valence-corrected chi connectivity index (χ2v) is 7.76. The normalized spacial score (nSPS) is 11.8. The summed E-state index contributed by atoms with van der Waals surface area (Å²) in [6.07, 6.45) is 0. The largest absolute Gasteiger partial charge is 0.465 e. The Morgan fingerprint density at radius 1 is 1.18 bits per heavy atom. The molecule has 0 aliphatic carbocycles. The molecule has 0 atom stereocenters. The number of hydrogen-bond donors (Lipinski definition) is 0. The van der Waals surface area contributed by atoms with Gasteiger partial charge >= 0.3 is 5.97 Å². The van der Waals surface area contributed by atoms with Crippen LogP contribution in [-0.4, -0.2) is 36.8 Å². The summed E-state index contributed by atoms with van der Waals surface area (Å²) in [5.41, 5.74) is 1.84. The minimum absolute atomic E-state index is 0.328. The predicted octanol–water partition coefficient (Wildman–Crippen LogP) is 4.03. The lowest BCUT2D eigenvalue weighted by molar-refractivity contribution is 0.0600. The fourth-order valence-corrected chi connectivity index (χ4v) is 4.19. The van der Waals surface area contributed by atoms with Crippen LogP contribution < -0.4 is 4.80 Å². The highest BCUT2D eigenvalue weighted by Gasteiger charge is 2.13. The zero-order valence-corrected chi connectivity index (χ0v) is 17.9. The maximum Gasteiger partial charge on any atom is 0.337 e. The Morgan fingerprint density at radius 2 is 2.00 bits per heavy atom. The van der Waals surface area contributed by atoms with Crippen molar-refractivity contribution < 1.29 is 19.1 Å². The number of carbonyl (C=O) groups excluding carboxylic acids is 2. The SMILES string of the molecule is CCOCCn1c(=NC(=O)c2cccc(Br)c2)sc2cc(C(=O)OC)ccc21. The topological polar surface area (TPSA) is 69.9 Å². The Balaban J connectivity index is 2.09. The van der Waals surface area contributed by atoms with Crippen LogP contribution in [0, 0.1) is 0 Å². The Hall–Kier alpha value is -2.29. The molecule has 28 heavy (non-hydrogen) atoms. The Morgan fingerprint density at radius 3 is 2.71 bits per heavy atom. The van der Waals surface area contributed by atoms with E-state index in [1.54, 1.807) is 30.3 Å². The summed E-state index contributed by atoms with van der Waals surface area (Å²) in [4.78, 5) is 29.4. The van der Waals surface area contributed by atoms with Crippen molar-refractivity contribution in [3.63, 3.8) is 0 Å². The Labute approximate surface area is 174 Å². The maximum atomic E-state index is 12.6. The van der Waals surface area contributed by atoms with Gasteiger partial charge in [-0.15, -0.1) is 0 Å². The van der Waals surface area contributed by atoms with Gasteiger partial charge in [-0.25, -0.2) is 4.79 Å². The third-order valence-electron chi connectivity index (χ3n) is 4.04. The maximum absolute atomic E-state index is 12.6. The van der Waals surface area contributed by atoms with Gasteiger partial charge in [0, 0.05) is 23.2 Å². The molecule has 0 N–H and O–H groups in total. The van der Waals surface area contributed by atoms with Gasteiger partial charge in [-0.3, -0.25) is 4.79 Å². The van der Waals surface area contributed by atoms with E-state index in [0.717, 1.165) is 14.7 Å². The van der Waals surface area contributed by atoms with Crippen LogP contribution in [0.25, 0.3) is 10.2 Å². The number of methoxy groups -OCH3 is 1. The van der Waals surface area contributed by atoms with Crippen molar-refractivity contribution in [1.29, 1.82) is 0 Å². The van der Waals surface area contributed by atoms with Crippen molar-refractivity contribution in [2.75, 3.05) is 20.3 Å². The number of nitrogens with zero attached hydrogens (tertiary/aromatic N) is 2. The smallest absolute Gasteiger partial charge is 0.337 e. The molecular formula is C20H19BrN2O4S. The first-order chi connectivity index (χ1) is 13.5. The van der Waals surface area contributed by atoms with Crippen molar-refractivity contribution in [3.8, 4) is 0 Å². The van der Waals surface area contributed by atoms with E-state index in [2.05, 4.69) is 20.9 Å². The van der Waals surface area contributed by atoms with E-state index in [9.17, 15) is 9.59 Å². The number of amides is 1. The predicted molar refractivity (Wildman–Crippen MR) is 112 cm³/mol. The molecule has 3 rings (SSSR count). The molecule has 0 spiro atoms. The molecule has 146 valence electrons. The van der Waals surface area contributed by atoms with Crippen LogP contribution in [0.1, 0.15) is 27.6 Å². The third kappa shape index (κ3) is 4.57. The minimum atomic E-state index is -0.403. The van der Waals surface area contributed by atoms with Gasteiger partial charge in [0.25, 0.3) is 5.91 Å². The van der Waals surface area contributed by atoms with Crippen LogP contribution in [0.15, 0.2) is 51.9 Å². The standard InChI is InChI=1S/C20H19BrN2O4S/c1-3-27-10-9-23-16-8-7-14(19(25)26-2)12-17(16)28-20(23)22-18(24)13-5-4-6-15(21)11-13/h4-8,11-12H,3,9-10H2,1-2H3. The van der Waals surface area contributed by atoms with Crippen LogP contribution in [0.2, 0.25) is 0 Å². The van der Waals surface area contributed by atoms with Crippen molar-refractivity contribution in [1.82, 2.24) is 4.57 Å². The number of aromatic nitrogens is 1. The molecular weight excluding hydrogens is 444 g/mol. The van der Waals surface area contributed by atoms with Crippen molar-refractivity contribution >= 4 is 49.4 Å². The lowest BCUT2D eigenvalue weighted by atomic mass is 10.2. The van der Waals surface area contributed by atoms with Crippen LogP contribution in [0.3, 0.4) is 0 Å². The van der Waals surface area contributed by atoms with Crippen LogP contribution in [0.4, 0.5) is 0 Å². The van der Waals surface area contributed by atoms with E-state index in [4.69, 9.17) is 9.47 Å². The number of thiazole rings is 1. The first-order valence-corrected chi connectivity index (χ1v) is 10.3. The fraction of sp³-hybridized carbons (Fsp3) is 0.250. The van der Waals surface area contributed by atoms with Gasteiger partial charge in [-0.1, -0.05) is 33.3 Å². The average molecular weight is 463 g/mol. The molecule has 1 heterocycles. The number of esters is 1. The molecule has 0 saturated heterocycles. The summed E-state index contributed by atoms with van der Waals surface area (Å²) in [5.74, 6) is -0.730. The van der Waals surface area contributed by atoms with Gasteiger partial charge in [0.1, 0.15) is 0 Å². The molecule has 3 aromatic rings. The number of benzene rings is 2. The van der Waals surface area contributed by atoms with Crippen LogP contribution >= 0.6 is 27.3 Å². The highest BCUT2D eigenvalue weighted by atomic mass is 79.9. The molecule has 1 aromatic heterocycles. The van der Waals surface area contributed by atoms with Crippen LogP contribution in [-0.2, 0) is 16.0 Å².